The highest BCUT2D eigenvalue weighted by molar-refractivity contribution is 9.11. The Bertz CT molecular complexity index is 859. The summed E-state index contributed by atoms with van der Waals surface area (Å²) in [6.07, 6.45) is -4.98. The second-order valence-electron chi connectivity index (χ2n) is 6.14. The van der Waals surface area contributed by atoms with Gasteiger partial charge in [0, 0.05) is 11.4 Å². The predicted molar refractivity (Wildman–Crippen MR) is 97.9 cm³/mol. The zero-order valence-electron chi connectivity index (χ0n) is 14.1. The van der Waals surface area contributed by atoms with Crippen LogP contribution in [0.4, 0.5) is 18.0 Å². The number of rotatable bonds is 5. The van der Waals surface area contributed by atoms with E-state index in [1.165, 1.54) is 35.6 Å². The minimum atomic E-state index is -4.98. The van der Waals surface area contributed by atoms with Crippen LogP contribution in [0.2, 0.25) is 0 Å². The number of nitrogens with zero attached hydrogens (tertiary/aromatic N) is 2. The van der Waals surface area contributed by atoms with Crippen molar-refractivity contribution in [3.8, 4) is 0 Å². The van der Waals surface area contributed by atoms with Crippen molar-refractivity contribution in [3.63, 3.8) is 0 Å². The Labute approximate surface area is 165 Å². The van der Waals surface area contributed by atoms with Crippen molar-refractivity contribution in [3.05, 3.63) is 56.7 Å². The number of carbonyl (C=O) groups is 2. The van der Waals surface area contributed by atoms with Crippen LogP contribution in [0.15, 0.2) is 46.3 Å². The maximum atomic E-state index is 13.9. The molecule has 0 radical (unpaired) electrons. The molecule has 0 aliphatic carbocycles. The van der Waals surface area contributed by atoms with Crippen LogP contribution >= 0.6 is 27.3 Å². The van der Waals surface area contributed by atoms with Crippen LogP contribution in [0.3, 0.4) is 0 Å². The van der Waals surface area contributed by atoms with Gasteiger partial charge in [-0.3, -0.25) is 9.69 Å². The van der Waals surface area contributed by atoms with Crippen LogP contribution in [0.5, 0.6) is 0 Å². The summed E-state index contributed by atoms with van der Waals surface area (Å²) in [6, 6.07) is 9.34. The minimum absolute atomic E-state index is 0.259. The molecule has 10 heteroatoms. The molecular formula is C17H15BrF3N3O2S. The number of carbonyl (C=O) groups excluding carboxylic acids is 2. The molecule has 0 bridgehead atoms. The molecule has 144 valence electrons. The van der Waals surface area contributed by atoms with Crippen molar-refractivity contribution in [1.82, 2.24) is 15.1 Å². The van der Waals surface area contributed by atoms with E-state index in [0.717, 1.165) is 8.66 Å². The number of halogens is 4. The average molecular weight is 462 g/mol. The van der Waals surface area contributed by atoms with Gasteiger partial charge >= 0.3 is 12.2 Å². The fourth-order valence-electron chi connectivity index (χ4n) is 2.94. The summed E-state index contributed by atoms with van der Waals surface area (Å²) in [7, 11) is 1.63. The Kier molecular flexibility index (Phi) is 5.33. The molecule has 1 fully saturated rings. The standard InChI is InChI=1S/C17H15BrF3N3O2S/c1-23(9-12-7-8-13(18)27-12)10-24-14(25)16(17(19,20)21,22-15(24)26)11-5-3-2-4-6-11/h2-8H,9-10H2,1H3,(H,22,26). The van der Waals surface area contributed by atoms with Crippen molar-refractivity contribution >= 4 is 39.2 Å². The van der Waals surface area contributed by atoms with Crippen LogP contribution in [0.25, 0.3) is 0 Å². The van der Waals surface area contributed by atoms with Gasteiger partial charge in [0.15, 0.2) is 0 Å². The number of hydrogen-bond acceptors (Lipinski definition) is 4. The highest BCUT2D eigenvalue weighted by Gasteiger charge is 2.68. The van der Waals surface area contributed by atoms with E-state index in [-0.39, 0.29) is 12.2 Å². The Morgan fingerprint density at radius 3 is 2.41 bits per heavy atom. The second-order valence-corrected chi connectivity index (χ2v) is 8.69. The number of alkyl halides is 3. The predicted octanol–water partition coefficient (Wildman–Crippen LogP) is 3.91. The molecule has 1 aliphatic heterocycles. The van der Waals surface area contributed by atoms with Gasteiger partial charge in [0.25, 0.3) is 5.91 Å². The lowest BCUT2D eigenvalue weighted by Gasteiger charge is -2.30. The van der Waals surface area contributed by atoms with Crippen molar-refractivity contribution in [2.45, 2.75) is 18.3 Å². The number of urea groups is 1. The van der Waals surface area contributed by atoms with Crippen molar-refractivity contribution in [1.29, 1.82) is 0 Å². The molecule has 1 aromatic carbocycles. The molecule has 0 spiro atoms. The van der Waals surface area contributed by atoms with E-state index >= 15 is 0 Å². The fraction of sp³-hybridized carbons (Fsp3) is 0.294. The van der Waals surface area contributed by atoms with Gasteiger partial charge in [-0.05, 0) is 40.7 Å². The van der Waals surface area contributed by atoms with Gasteiger partial charge in [-0.15, -0.1) is 11.3 Å². The van der Waals surface area contributed by atoms with Crippen molar-refractivity contribution < 1.29 is 22.8 Å². The Morgan fingerprint density at radius 1 is 1.19 bits per heavy atom. The molecule has 3 amide bonds. The van der Waals surface area contributed by atoms with Gasteiger partial charge < -0.3 is 5.32 Å². The topological polar surface area (TPSA) is 52.6 Å². The van der Waals surface area contributed by atoms with Gasteiger partial charge in [-0.1, -0.05) is 30.3 Å². The summed E-state index contributed by atoms with van der Waals surface area (Å²) in [6.45, 7) is 0.128. The summed E-state index contributed by atoms with van der Waals surface area (Å²) in [5.74, 6) is -1.33. The first-order chi connectivity index (χ1) is 12.6. The molecule has 27 heavy (non-hydrogen) atoms. The third kappa shape index (κ3) is 3.61. The van der Waals surface area contributed by atoms with E-state index in [2.05, 4.69) is 15.9 Å². The normalized spacial score (nSPS) is 20.4. The van der Waals surface area contributed by atoms with E-state index in [9.17, 15) is 22.8 Å². The lowest BCUT2D eigenvalue weighted by atomic mass is 9.89. The summed E-state index contributed by atoms with van der Waals surface area (Å²) < 4.78 is 42.6. The summed E-state index contributed by atoms with van der Waals surface area (Å²) in [4.78, 5) is 28.2. The van der Waals surface area contributed by atoms with Crippen LogP contribution in [-0.2, 0) is 16.9 Å². The Hall–Kier alpha value is -1.91. The SMILES string of the molecule is CN(Cc1ccc(Br)s1)CN1C(=O)NC(c2ccccc2)(C(F)(F)F)C1=O. The molecule has 1 saturated heterocycles. The lowest BCUT2D eigenvalue weighted by Crippen LogP contribution is -2.56. The van der Waals surface area contributed by atoms with Crippen molar-refractivity contribution in [2.24, 2.45) is 0 Å². The molecular weight excluding hydrogens is 447 g/mol. The monoisotopic (exact) mass is 461 g/mol. The van der Waals surface area contributed by atoms with Gasteiger partial charge in [-0.2, -0.15) is 13.2 Å². The summed E-state index contributed by atoms with van der Waals surface area (Å²) in [5, 5.41) is 1.88. The van der Waals surface area contributed by atoms with Crippen LogP contribution in [-0.4, -0.2) is 41.6 Å². The average Bonchev–Trinajstić information content (AvgIpc) is 3.11. The summed E-state index contributed by atoms with van der Waals surface area (Å²) >= 11 is 4.81. The highest BCUT2D eigenvalue weighted by Crippen LogP contribution is 2.43. The number of amides is 3. The fourth-order valence-corrected chi connectivity index (χ4v) is 4.50. The number of hydrogen-bond donors (Lipinski definition) is 1. The van der Waals surface area contributed by atoms with Crippen LogP contribution in [0, 0.1) is 0 Å². The smallest absolute Gasteiger partial charge is 0.312 e. The van der Waals surface area contributed by atoms with E-state index in [1.54, 1.807) is 18.0 Å². The van der Waals surface area contributed by atoms with Crippen LogP contribution in [0.1, 0.15) is 10.4 Å². The largest absolute Gasteiger partial charge is 0.425 e. The maximum Gasteiger partial charge on any atom is 0.425 e. The van der Waals surface area contributed by atoms with E-state index in [0.29, 0.717) is 11.4 Å². The van der Waals surface area contributed by atoms with E-state index in [4.69, 9.17) is 0 Å². The zero-order chi connectivity index (χ0) is 19.8. The molecule has 1 aromatic heterocycles. The quantitative estimate of drug-likeness (QED) is 0.686. The third-order valence-electron chi connectivity index (χ3n) is 4.18. The molecule has 1 atom stereocenters. The van der Waals surface area contributed by atoms with Gasteiger partial charge in [-0.25, -0.2) is 9.69 Å². The van der Waals surface area contributed by atoms with E-state index < -0.39 is 23.7 Å². The first-order valence-corrected chi connectivity index (χ1v) is 9.45. The number of thiophene rings is 1. The van der Waals surface area contributed by atoms with E-state index in [1.807, 2.05) is 17.4 Å². The second kappa shape index (κ2) is 7.25. The number of nitrogens with one attached hydrogen (secondary N) is 1. The molecule has 1 N–H and O–H groups in total. The van der Waals surface area contributed by atoms with Gasteiger partial charge in [0.05, 0.1) is 10.5 Å². The summed E-state index contributed by atoms with van der Waals surface area (Å²) in [5.41, 5.74) is -3.39. The molecule has 0 saturated carbocycles. The van der Waals surface area contributed by atoms with Gasteiger partial charge in [0.2, 0.25) is 5.54 Å². The number of benzene rings is 1. The molecule has 3 rings (SSSR count). The zero-order valence-corrected chi connectivity index (χ0v) is 16.5. The first-order valence-electron chi connectivity index (χ1n) is 7.84. The maximum absolute atomic E-state index is 13.9. The minimum Gasteiger partial charge on any atom is -0.312 e. The van der Waals surface area contributed by atoms with Gasteiger partial charge in [0.1, 0.15) is 0 Å². The molecule has 1 aliphatic rings. The third-order valence-corrected chi connectivity index (χ3v) is 5.78. The van der Waals surface area contributed by atoms with Crippen LogP contribution < -0.4 is 5.32 Å². The Morgan fingerprint density at radius 2 is 1.85 bits per heavy atom. The van der Waals surface area contributed by atoms with Crippen molar-refractivity contribution in [2.75, 3.05) is 13.7 Å². The first kappa shape index (κ1) is 19.8. The molecule has 2 heterocycles. The molecule has 2 aromatic rings. The lowest BCUT2D eigenvalue weighted by molar-refractivity contribution is -0.198. The Balaban J connectivity index is 1.86. The number of imide groups is 1. The molecule has 5 nitrogen and oxygen atoms in total. The highest BCUT2D eigenvalue weighted by atomic mass is 79.9. The molecule has 1 unspecified atom stereocenters.